The molecule has 0 aliphatic rings. The average molecular weight is 214 g/mol. The summed E-state index contributed by atoms with van der Waals surface area (Å²) in [7, 11) is -1.70. The van der Waals surface area contributed by atoms with Crippen molar-refractivity contribution in [3.8, 4) is 0 Å². The zero-order valence-corrected chi connectivity index (χ0v) is 8.88. The Balaban J connectivity index is 4.02. The fourth-order valence-corrected chi connectivity index (χ4v) is 4.64. The fraction of sp³-hybridized carbons (Fsp3) is 1.00. The van der Waals surface area contributed by atoms with Crippen LogP contribution in [0.5, 0.6) is 0 Å². The molecule has 0 unspecified atom stereocenters. The SMILES string of the molecule is CC(P(CO)CO)P(CO)CO. The van der Waals surface area contributed by atoms with Crippen LogP contribution >= 0.6 is 15.8 Å². The molecule has 6 heteroatoms. The molecule has 0 fully saturated rings. The third kappa shape index (κ3) is 3.61. The molecule has 0 bridgehead atoms. The van der Waals surface area contributed by atoms with Gasteiger partial charge in [-0.05, 0) is 15.8 Å². The summed E-state index contributed by atoms with van der Waals surface area (Å²) in [6.45, 7) is 1.86. The van der Waals surface area contributed by atoms with Crippen LogP contribution in [0.4, 0.5) is 0 Å². The van der Waals surface area contributed by atoms with Crippen molar-refractivity contribution in [3.05, 3.63) is 0 Å². The summed E-state index contributed by atoms with van der Waals surface area (Å²) < 4.78 is 0. The van der Waals surface area contributed by atoms with E-state index in [0.717, 1.165) is 0 Å². The summed E-state index contributed by atoms with van der Waals surface area (Å²) in [4.78, 5) is 0. The molecule has 12 heavy (non-hydrogen) atoms. The zero-order valence-electron chi connectivity index (χ0n) is 7.09. The number of aliphatic hydroxyl groups excluding tert-OH is 4. The second-order valence-corrected chi connectivity index (χ2v) is 7.82. The first kappa shape index (κ1) is 12.7. The zero-order chi connectivity index (χ0) is 9.56. The maximum absolute atomic E-state index is 8.85. The number of rotatable bonds is 6. The minimum absolute atomic E-state index is 0.0359. The molecule has 4 nitrogen and oxygen atoms in total. The van der Waals surface area contributed by atoms with E-state index in [1.807, 2.05) is 6.92 Å². The molecule has 0 spiro atoms. The van der Waals surface area contributed by atoms with Gasteiger partial charge in [-0.2, -0.15) is 0 Å². The first-order chi connectivity index (χ1) is 5.71. The van der Waals surface area contributed by atoms with E-state index >= 15 is 0 Å². The van der Waals surface area contributed by atoms with Crippen LogP contribution in [0.1, 0.15) is 6.92 Å². The molecule has 0 aromatic rings. The Hall–Kier alpha value is 0.700. The Morgan fingerprint density at radius 2 is 1.08 bits per heavy atom. The summed E-state index contributed by atoms with van der Waals surface area (Å²) in [5.74, 6) is 0. The molecule has 4 N–H and O–H groups in total. The van der Waals surface area contributed by atoms with Crippen LogP contribution in [0, 0.1) is 0 Å². The highest BCUT2D eigenvalue weighted by Gasteiger charge is 2.22. The first-order valence-electron chi connectivity index (χ1n) is 3.62. The van der Waals surface area contributed by atoms with E-state index in [9.17, 15) is 0 Å². The Kier molecular flexibility index (Phi) is 7.55. The van der Waals surface area contributed by atoms with Gasteiger partial charge in [-0.15, -0.1) is 0 Å². The van der Waals surface area contributed by atoms with Crippen LogP contribution < -0.4 is 0 Å². The fourth-order valence-electron chi connectivity index (χ4n) is 0.793. The lowest BCUT2D eigenvalue weighted by atomic mass is 11.0. The monoisotopic (exact) mass is 214 g/mol. The third-order valence-corrected chi connectivity index (χ3v) is 7.31. The normalized spacial score (nSPS) is 12.0. The molecular formula is C6H16O4P2. The van der Waals surface area contributed by atoms with Gasteiger partial charge < -0.3 is 20.4 Å². The summed E-state index contributed by atoms with van der Waals surface area (Å²) >= 11 is 0. The van der Waals surface area contributed by atoms with Gasteiger partial charge in [-0.3, -0.25) is 0 Å². The topological polar surface area (TPSA) is 80.9 Å². The molecule has 0 saturated heterocycles. The van der Waals surface area contributed by atoms with Crippen molar-refractivity contribution in [1.82, 2.24) is 0 Å². The maximum Gasteiger partial charge on any atom is 0.0652 e. The highest BCUT2D eigenvalue weighted by molar-refractivity contribution is 7.75. The van der Waals surface area contributed by atoms with Crippen LogP contribution in [0.15, 0.2) is 0 Å². The number of hydrogen-bond donors (Lipinski definition) is 4. The predicted molar refractivity (Wildman–Crippen MR) is 51.6 cm³/mol. The largest absolute Gasteiger partial charge is 0.392 e. The van der Waals surface area contributed by atoms with Crippen molar-refractivity contribution in [1.29, 1.82) is 0 Å². The Morgan fingerprint density at radius 3 is 1.25 bits per heavy atom. The molecule has 0 aromatic carbocycles. The molecule has 0 heterocycles. The number of hydrogen-bond acceptors (Lipinski definition) is 4. The molecule has 0 aromatic heterocycles. The smallest absolute Gasteiger partial charge is 0.0652 e. The van der Waals surface area contributed by atoms with Crippen molar-refractivity contribution in [2.45, 2.75) is 12.3 Å². The molecule has 0 amide bonds. The van der Waals surface area contributed by atoms with Crippen LogP contribution in [0.3, 0.4) is 0 Å². The molecule has 0 rings (SSSR count). The van der Waals surface area contributed by atoms with E-state index < -0.39 is 15.8 Å². The van der Waals surface area contributed by atoms with Gasteiger partial charge in [0.15, 0.2) is 0 Å². The van der Waals surface area contributed by atoms with Crippen LogP contribution in [0.25, 0.3) is 0 Å². The van der Waals surface area contributed by atoms with E-state index in [1.165, 1.54) is 0 Å². The lowest BCUT2D eigenvalue weighted by Gasteiger charge is -2.26. The van der Waals surface area contributed by atoms with Crippen LogP contribution in [-0.2, 0) is 0 Å². The molecule has 74 valence electrons. The van der Waals surface area contributed by atoms with Gasteiger partial charge in [0, 0.05) is 5.40 Å². The third-order valence-electron chi connectivity index (χ3n) is 1.78. The van der Waals surface area contributed by atoms with Gasteiger partial charge in [0.25, 0.3) is 0 Å². The van der Waals surface area contributed by atoms with Crippen molar-refractivity contribution in [2.24, 2.45) is 0 Å². The second-order valence-electron chi connectivity index (χ2n) is 2.38. The summed E-state index contributed by atoms with van der Waals surface area (Å²) in [6, 6.07) is 0. The lowest BCUT2D eigenvalue weighted by molar-refractivity contribution is 0.338. The highest BCUT2D eigenvalue weighted by atomic mass is 31.2. The first-order valence-corrected chi connectivity index (χ1v) is 7.19. The average Bonchev–Trinajstić information content (AvgIpc) is 2.09. The van der Waals surface area contributed by atoms with Crippen molar-refractivity contribution >= 4 is 15.8 Å². The molecule has 0 aliphatic heterocycles. The minimum atomic E-state index is -0.849. The van der Waals surface area contributed by atoms with Crippen molar-refractivity contribution < 1.29 is 20.4 Å². The van der Waals surface area contributed by atoms with Crippen molar-refractivity contribution in [3.63, 3.8) is 0 Å². The number of aliphatic hydroxyl groups is 4. The van der Waals surface area contributed by atoms with Crippen LogP contribution in [0.2, 0.25) is 0 Å². The Labute approximate surface area is 74.7 Å². The van der Waals surface area contributed by atoms with Gasteiger partial charge >= 0.3 is 0 Å². The highest BCUT2D eigenvalue weighted by Crippen LogP contribution is 2.55. The molecular weight excluding hydrogens is 198 g/mol. The van der Waals surface area contributed by atoms with E-state index in [2.05, 4.69) is 0 Å². The van der Waals surface area contributed by atoms with Gasteiger partial charge in [-0.25, -0.2) is 0 Å². The maximum atomic E-state index is 8.85. The molecule has 0 radical (unpaired) electrons. The van der Waals surface area contributed by atoms with E-state index in [1.54, 1.807) is 0 Å². The summed E-state index contributed by atoms with van der Waals surface area (Å²) in [5, 5.41) is 35.5. The summed E-state index contributed by atoms with van der Waals surface area (Å²) in [5.41, 5.74) is 0. The molecule has 0 aliphatic carbocycles. The lowest BCUT2D eigenvalue weighted by Crippen LogP contribution is -2.07. The van der Waals surface area contributed by atoms with Crippen LogP contribution in [-0.4, -0.2) is 51.2 Å². The molecule has 0 atom stereocenters. The van der Waals surface area contributed by atoms with E-state index in [-0.39, 0.29) is 30.8 Å². The molecule has 0 saturated carbocycles. The van der Waals surface area contributed by atoms with E-state index in [4.69, 9.17) is 20.4 Å². The quantitative estimate of drug-likeness (QED) is 0.472. The van der Waals surface area contributed by atoms with Gasteiger partial charge in [0.05, 0.1) is 25.4 Å². The van der Waals surface area contributed by atoms with Gasteiger partial charge in [0.2, 0.25) is 0 Å². The standard InChI is InChI=1S/C6H16O4P2/c1-6(11(2-7)3-8)12(4-9)5-10/h6-10H,2-5H2,1H3. The summed E-state index contributed by atoms with van der Waals surface area (Å²) in [6.07, 6.45) is -0.144. The Bertz CT molecular complexity index is 93.7. The van der Waals surface area contributed by atoms with Gasteiger partial charge in [-0.1, -0.05) is 6.92 Å². The predicted octanol–water partition coefficient (Wildman–Crippen LogP) is 0.0954. The van der Waals surface area contributed by atoms with E-state index in [0.29, 0.717) is 0 Å². The minimum Gasteiger partial charge on any atom is -0.392 e. The Morgan fingerprint density at radius 1 is 0.833 bits per heavy atom. The van der Waals surface area contributed by atoms with Crippen molar-refractivity contribution in [2.75, 3.05) is 25.4 Å². The second kappa shape index (κ2) is 7.14. The van der Waals surface area contributed by atoms with Gasteiger partial charge in [0.1, 0.15) is 0 Å².